The van der Waals surface area contributed by atoms with Gasteiger partial charge in [0.25, 0.3) is 5.91 Å². The average Bonchev–Trinajstić information content (AvgIpc) is 3.41. The predicted octanol–water partition coefficient (Wildman–Crippen LogP) is 6.04. The summed E-state index contributed by atoms with van der Waals surface area (Å²) in [7, 11) is 0. The van der Waals surface area contributed by atoms with Crippen LogP contribution < -0.4 is 0 Å². The Morgan fingerprint density at radius 1 is 1.07 bits per heavy atom. The first-order chi connectivity index (χ1) is 14.2. The highest BCUT2D eigenvalue weighted by atomic mass is 35.5. The Hall–Kier alpha value is -2.76. The molecule has 0 bridgehead atoms. The van der Waals surface area contributed by atoms with Gasteiger partial charge in [0.2, 0.25) is 0 Å². The zero-order valence-corrected chi connectivity index (χ0v) is 17.0. The molecule has 2 heterocycles. The minimum absolute atomic E-state index is 0.0120. The van der Waals surface area contributed by atoms with E-state index in [0.717, 1.165) is 27.8 Å². The molecule has 0 N–H and O–H groups in total. The predicted molar refractivity (Wildman–Crippen MR) is 117 cm³/mol. The summed E-state index contributed by atoms with van der Waals surface area (Å²) in [5, 5.41) is 5.59. The van der Waals surface area contributed by atoms with Gasteiger partial charge in [-0.05, 0) is 24.3 Å². The summed E-state index contributed by atoms with van der Waals surface area (Å²) in [6.07, 6.45) is 0. The molecule has 0 radical (unpaired) electrons. The first-order valence-electron chi connectivity index (χ1n) is 9.34. The normalized spacial score (nSPS) is 16.4. The van der Waals surface area contributed by atoms with E-state index in [2.05, 4.69) is 5.16 Å². The van der Waals surface area contributed by atoms with E-state index in [4.69, 9.17) is 16.1 Å². The second-order valence-corrected chi connectivity index (χ2v) is 8.45. The zero-order valence-electron chi connectivity index (χ0n) is 15.4. The van der Waals surface area contributed by atoms with E-state index >= 15 is 0 Å². The summed E-state index contributed by atoms with van der Waals surface area (Å²) in [5.74, 6) is 1.54. The third-order valence-corrected chi connectivity index (χ3v) is 6.67. The Labute approximate surface area is 177 Å². The van der Waals surface area contributed by atoms with Gasteiger partial charge in [0.05, 0.1) is 5.39 Å². The van der Waals surface area contributed by atoms with Crippen molar-refractivity contribution in [3.63, 3.8) is 0 Å². The van der Waals surface area contributed by atoms with Crippen LogP contribution in [0.4, 0.5) is 0 Å². The smallest absolute Gasteiger partial charge is 0.255 e. The first-order valence-corrected chi connectivity index (χ1v) is 10.8. The Morgan fingerprint density at radius 2 is 1.86 bits per heavy atom. The third-order valence-electron chi connectivity index (χ3n) is 5.08. The Kier molecular flexibility index (Phi) is 4.78. The molecule has 1 atom stereocenters. The van der Waals surface area contributed by atoms with E-state index in [9.17, 15) is 4.79 Å². The van der Waals surface area contributed by atoms with Gasteiger partial charge >= 0.3 is 0 Å². The molecule has 1 unspecified atom stereocenters. The molecule has 1 amide bonds. The molecule has 0 spiro atoms. The molecule has 4 nitrogen and oxygen atoms in total. The summed E-state index contributed by atoms with van der Waals surface area (Å²) < 4.78 is 5.57. The summed E-state index contributed by atoms with van der Waals surface area (Å²) >= 11 is 8.14. The number of halogens is 1. The first kappa shape index (κ1) is 18.3. The van der Waals surface area contributed by atoms with Crippen molar-refractivity contribution >= 4 is 40.2 Å². The zero-order chi connectivity index (χ0) is 19.8. The molecule has 6 heteroatoms. The fourth-order valence-electron chi connectivity index (χ4n) is 3.65. The lowest BCUT2D eigenvalue weighted by molar-refractivity contribution is 0.0760. The number of carbonyl (C=O) groups excluding carboxylic acids is 1. The maximum Gasteiger partial charge on any atom is 0.255 e. The lowest BCUT2D eigenvalue weighted by Crippen LogP contribution is -2.30. The van der Waals surface area contributed by atoms with Gasteiger partial charge in [0.15, 0.2) is 5.76 Å². The van der Waals surface area contributed by atoms with E-state index in [-0.39, 0.29) is 11.3 Å². The van der Waals surface area contributed by atoms with Gasteiger partial charge in [0, 0.05) is 34.0 Å². The topological polar surface area (TPSA) is 46.3 Å². The number of hydrogen-bond acceptors (Lipinski definition) is 4. The molecule has 1 aliphatic heterocycles. The van der Waals surface area contributed by atoms with Crippen molar-refractivity contribution in [3.05, 3.63) is 88.9 Å². The number of fused-ring (bicyclic) bond motifs is 1. The molecule has 0 aliphatic carbocycles. The van der Waals surface area contributed by atoms with E-state index in [1.807, 2.05) is 77.7 Å². The highest BCUT2D eigenvalue weighted by Gasteiger charge is 2.32. The fraction of sp³-hybridized carbons (Fsp3) is 0.130. The van der Waals surface area contributed by atoms with Crippen LogP contribution in [-0.2, 0) is 0 Å². The van der Waals surface area contributed by atoms with Crippen molar-refractivity contribution in [3.8, 4) is 11.3 Å². The number of hydrogen-bond donors (Lipinski definition) is 0. The van der Waals surface area contributed by atoms with Gasteiger partial charge < -0.3 is 9.42 Å². The van der Waals surface area contributed by atoms with Gasteiger partial charge in [0.1, 0.15) is 10.9 Å². The van der Waals surface area contributed by atoms with Gasteiger partial charge in [-0.3, -0.25) is 4.79 Å². The van der Waals surface area contributed by atoms with Crippen LogP contribution >= 0.6 is 23.4 Å². The number of benzene rings is 3. The molecule has 0 saturated carbocycles. The van der Waals surface area contributed by atoms with Crippen LogP contribution in [-0.4, -0.2) is 28.3 Å². The molecular formula is C23H17ClN2O2S. The lowest BCUT2D eigenvalue weighted by Gasteiger charge is -2.25. The highest BCUT2D eigenvalue weighted by molar-refractivity contribution is 7.99. The molecule has 1 saturated heterocycles. The number of aromatic nitrogens is 1. The van der Waals surface area contributed by atoms with Crippen LogP contribution in [0.25, 0.3) is 22.2 Å². The van der Waals surface area contributed by atoms with E-state index in [1.165, 1.54) is 0 Å². The van der Waals surface area contributed by atoms with Crippen LogP contribution in [0.3, 0.4) is 0 Å². The highest BCUT2D eigenvalue weighted by Crippen LogP contribution is 2.41. The molecule has 5 rings (SSSR count). The Bertz CT molecular complexity index is 1190. The SMILES string of the molecule is O=C(c1ccc2noc(-c3ccccc3)c2c1)N1CCSC1c1ccccc1Cl. The summed E-state index contributed by atoms with van der Waals surface area (Å²) in [4.78, 5) is 15.3. The van der Waals surface area contributed by atoms with Crippen molar-refractivity contribution in [2.24, 2.45) is 0 Å². The van der Waals surface area contributed by atoms with Gasteiger partial charge in [-0.1, -0.05) is 65.3 Å². The fourth-order valence-corrected chi connectivity index (χ4v) is 5.24. The Morgan fingerprint density at radius 3 is 2.69 bits per heavy atom. The van der Waals surface area contributed by atoms with Crippen molar-refractivity contribution in [2.75, 3.05) is 12.3 Å². The monoisotopic (exact) mass is 420 g/mol. The number of amides is 1. The molecular weight excluding hydrogens is 404 g/mol. The van der Waals surface area contributed by atoms with Gasteiger partial charge in [-0.15, -0.1) is 11.8 Å². The van der Waals surface area contributed by atoms with E-state index in [0.29, 0.717) is 22.9 Å². The largest absolute Gasteiger partial charge is 0.355 e. The van der Waals surface area contributed by atoms with Crippen molar-refractivity contribution in [1.82, 2.24) is 10.1 Å². The molecule has 3 aromatic carbocycles. The second-order valence-electron chi connectivity index (χ2n) is 6.85. The summed E-state index contributed by atoms with van der Waals surface area (Å²) in [6.45, 7) is 0.687. The van der Waals surface area contributed by atoms with Gasteiger partial charge in [-0.2, -0.15) is 0 Å². The maximum absolute atomic E-state index is 13.4. The minimum atomic E-state index is -0.0806. The summed E-state index contributed by atoms with van der Waals surface area (Å²) in [6, 6.07) is 23.1. The average molecular weight is 421 g/mol. The van der Waals surface area contributed by atoms with Crippen molar-refractivity contribution in [1.29, 1.82) is 0 Å². The number of rotatable bonds is 3. The summed E-state index contributed by atoms with van der Waals surface area (Å²) in [5.41, 5.74) is 3.27. The minimum Gasteiger partial charge on any atom is -0.355 e. The molecule has 1 fully saturated rings. The van der Waals surface area contributed by atoms with Crippen LogP contribution in [0, 0.1) is 0 Å². The van der Waals surface area contributed by atoms with Crippen LogP contribution in [0.1, 0.15) is 21.3 Å². The number of thioether (sulfide) groups is 1. The molecule has 1 aliphatic rings. The lowest BCUT2D eigenvalue weighted by atomic mass is 10.1. The van der Waals surface area contributed by atoms with Crippen LogP contribution in [0.5, 0.6) is 0 Å². The van der Waals surface area contributed by atoms with E-state index < -0.39 is 0 Å². The second kappa shape index (κ2) is 7.58. The van der Waals surface area contributed by atoms with Crippen molar-refractivity contribution < 1.29 is 9.32 Å². The molecule has 4 aromatic rings. The van der Waals surface area contributed by atoms with E-state index in [1.54, 1.807) is 11.8 Å². The number of carbonyl (C=O) groups is 1. The Balaban J connectivity index is 1.52. The maximum atomic E-state index is 13.4. The molecule has 29 heavy (non-hydrogen) atoms. The van der Waals surface area contributed by atoms with Crippen LogP contribution in [0.2, 0.25) is 5.02 Å². The van der Waals surface area contributed by atoms with Crippen LogP contribution in [0.15, 0.2) is 77.3 Å². The van der Waals surface area contributed by atoms with Crippen molar-refractivity contribution in [2.45, 2.75) is 5.37 Å². The molecule has 1 aromatic heterocycles. The third kappa shape index (κ3) is 3.30. The molecule has 144 valence electrons. The number of nitrogens with zero attached hydrogens (tertiary/aromatic N) is 2. The quantitative estimate of drug-likeness (QED) is 0.405. The van der Waals surface area contributed by atoms with Gasteiger partial charge in [-0.25, -0.2) is 0 Å². The standard InChI is InChI=1S/C23H17ClN2O2S/c24-19-9-5-4-8-17(19)23-26(12-13-29-23)22(27)16-10-11-20-18(14-16)21(28-25-20)15-6-2-1-3-7-15/h1-11,14,23H,12-13H2.